The number of aromatic nitrogens is 1. The largest absolute Gasteiger partial charge is 0.477 e. The number of ether oxygens (including phenoxy) is 1. The zero-order valence-electron chi connectivity index (χ0n) is 9.73. The molecule has 18 heavy (non-hydrogen) atoms. The summed E-state index contributed by atoms with van der Waals surface area (Å²) in [5.41, 5.74) is 0.281. The first-order valence-electron chi connectivity index (χ1n) is 5.21. The van der Waals surface area contributed by atoms with Crippen molar-refractivity contribution in [2.45, 2.75) is 19.8 Å². The van der Waals surface area contributed by atoms with Crippen LogP contribution >= 0.6 is 11.6 Å². The van der Waals surface area contributed by atoms with Crippen molar-refractivity contribution in [1.82, 2.24) is 4.98 Å². The topological polar surface area (TPSA) is 86.8 Å². The molecule has 0 aliphatic rings. The van der Waals surface area contributed by atoms with Crippen LogP contribution in [-0.4, -0.2) is 17.4 Å². The van der Waals surface area contributed by atoms with E-state index in [1.807, 2.05) is 12.1 Å². The summed E-state index contributed by atoms with van der Waals surface area (Å²) in [5, 5.41) is 17.6. The van der Waals surface area contributed by atoms with Crippen molar-refractivity contribution in [2.24, 2.45) is 0 Å². The molecule has 6 heteroatoms. The summed E-state index contributed by atoms with van der Waals surface area (Å²) in [5.74, 6) is 0.162. The molecule has 92 valence electrons. The second-order valence-corrected chi connectivity index (χ2v) is 3.92. The van der Waals surface area contributed by atoms with Crippen LogP contribution in [0, 0.1) is 22.7 Å². The van der Waals surface area contributed by atoms with Crippen LogP contribution in [-0.2, 0) is 4.79 Å². The van der Waals surface area contributed by atoms with Crippen LogP contribution in [0.3, 0.4) is 0 Å². The van der Waals surface area contributed by atoms with Gasteiger partial charge in [0.2, 0.25) is 5.88 Å². The first kappa shape index (κ1) is 14.0. The summed E-state index contributed by atoms with van der Waals surface area (Å²) >= 11 is 5.74. The summed E-state index contributed by atoms with van der Waals surface area (Å²) in [7, 11) is 0. The van der Waals surface area contributed by atoms with Crippen molar-refractivity contribution in [3.8, 4) is 18.0 Å². The highest BCUT2D eigenvalue weighted by Crippen LogP contribution is 2.22. The quantitative estimate of drug-likeness (QED) is 0.600. The fourth-order valence-corrected chi connectivity index (χ4v) is 1.41. The van der Waals surface area contributed by atoms with Crippen LogP contribution in [0.5, 0.6) is 5.88 Å². The Bertz CT molecular complexity index is 543. The number of Topliss-reactive ketones (excluding diaryl/α,β-unsaturated/α-hetero) is 1. The van der Waals surface area contributed by atoms with E-state index in [2.05, 4.69) is 4.98 Å². The second-order valence-electron chi connectivity index (χ2n) is 3.56. The molecule has 5 nitrogen and oxygen atoms in total. The molecule has 0 saturated carbocycles. The molecule has 0 amide bonds. The fraction of sp³-hybridized carbons (Fsp3) is 0.333. The Morgan fingerprint density at radius 2 is 2.11 bits per heavy atom. The average molecular weight is 264 g/mol. The lowest BCUT2D eigenvalue weighted by Gasteiger charge is -2.07. The van der Waals surface area contributed by atoms with E-state index in [1.54, 1.807) is 0 Å². The lowest BCUT2D eigenvalue weighted by atomic mass is 10.2. The van der Waals surface area contributed by atoms with Gasteiger partial charge in [-0.25, -0.2) is 0 Å². The van der Waals surface area contributed by atoms with Gasteiger partial charge >= 0.3 is 0 Å². The molecule has 0 unspecified atom stereocenters. The predicted octanol–water partition coefficient (Wildman–Crippen LogP) is 2.23. The van der Waals surface area contributed by atoms with Gasteiger partial charge in [0, 0.05) is 6.42 Å². The van der Waals surface area contributed by atoms with Crippen LogP contribution < -0.4 is 4.74 Å². The van der Waals surface area contributed by atoms with Crippen molar-refractivity contribution in [3.05, 3.63) is 22.3 Å². The van der Waals surface area contributed by atoms with Crippen molar-refractivity contribution < 1.29 is 9.53 Å². The lowest BCUT2D eigenvalue weighted by Crippen LogP contribution is -2.04. The number of ketones is 1. The Morgan fingerprint density at radius 3 is 2.67 bits per heavy atom. The standard InChI is InChI=1S/C12H10ClN3O2/c1-8(17)3-2-4-18-12-10(7-15)5-9(6-14)11(13)16-12/h5H,2-4H2,1H3. The van der Waals surface area contributed by atoms with Gasteiger partial charge < -0.3 is 9.53 Å². The van der Waals surface area contributed by atoms with Gasteiger partial charge in [-0.1, -0.05) is 11.6 Å². The highest BCUT2D eigenvalue weighted by Gasteiger charge is 2.11. The summed E-state index contributed by atoms with van der Waals surface area (Å²) < 4.78 is 5.28. The summed E-state index contributed by atoms with van der Waals surface area (Å²) in [6.07, 6.45) is 0.950. The zero-order valence-corrected chi connectivity index (χ0v) is 10.5. The molecule has 1 heterocycles. The van der Waals surface area contributed by atoms with Crippen molar-refractivity contribution in [2.75, 3.05) is 6.61 Å². The van der Waals surface area contributed by atoms with Crippen LogP contribution in [0.15, 0.2) is 6.07 Å². The Kier molecular flexibility index (Phi) is 5.10. The van der Waals surface area contributed by atoms with E-state index < -0.39 is 0 Å². The third-order valence-corrected chi connectivity index (χ3v) is 2.38. The van der Waals surface area contributed by atoms with Gasteiger partial charge in [0.1, 0.15) is 23.5 Å². The smallest absolute Gasteiger partial charge is 0.233 e. The summed E-state index contributed by atoms with van der Waals surface area (Å²) in [6, 6.07) is 5.05. The minimum Gasteiger partial charge on any atom is -0.477 e. The maximum absolute atomic E-state index is 10.7. The SMILES string of the molecule is CC(=O)CCCOc1nc(Cl)c(C#N)cc1C#N. The average Bonchev–Trinajstić information content (AvgIpc) is 2.34. The molecule has 0 aliphatic carbocycles. The van der Waals surface area contributed by atoms with E-state index in [1.165, 1.54) is 13.0 Å². The number of pyridine rings is 1. The molecule has 0 N–H and O–H groups in total. The molecule has 0 aliphatic heterocycles. The number of nitriles is 2. The predicted molar refractivity (Wildman–Crippen MR) is 64.1 cm³/mol. The number of rotatable bonds is 5. The van der Waals surface area contributed by atoms with Crippen molar-refractivity contribution in [1.29, 1.82) is 10.5 Å². The van der Waals surface area contributed by atoms with Gasteiger partial charge in [-0.05, 0) is 19.4 Å². The number of carbonyl (C=O) groups excluding carboxylic acids is 1. The van der Waals surface area contributed by atoms with E-state index in [4.69, 9.17) is 26.9 Å². The molecule has 0 saturated heterocycles. The van der Waals surface area contributed by atoms with Crippen molar-refractivity contribution in [3.63, 3.8) is 0 Å². The molecular formula is C12H10ClN3O2. The maximum atomic E-state index is 10.7. The monoisotopic (exact) mass is 263 g/mol. The number of halogens is 1. The van der Waals surface area contributed by atoms with Crippen LogP contribution in [0.2, 0.25) is 5.15 Å². The minimum absolute atomic E-state index is 0.00179. The first-order chi connectivity index (χ1) is 8.58. The Labute approximate surface area is 110 Å². The molecule has 0 aromatic carbocycles. The van der Waals surface area contributed by atoms with Gasteiger partial charge in [-0.2, -0.15) is 15.5 Å². The molecule has 0 bridgehead atoms. The number of hydrogen-bond acceptors (Lipinski definition) is 5. The van der Waals surface area contributed by atoms with Gasteiger partial charge in [-0.3, -0.25) is 0 Å². The zero-order chi connectivity index (χ0) is 13.5. The molecular weight excluding hydrogens is 254 g/mol. The third kappa shape index (κ3) is 3.73. The second kappa shape index (κ2) is 6.58. The highest BCUT2D eigenvalue weighted by molar-refractivity contribution is 6.30. The Morgan fingerprint density at radius 1 is 1.44 bits per heavy atom. The molecule has 1 aromatic rings. The van der Waals surface area contributed by atoms with Crippen molar-refractivity contribution >= 4 is 17.4 Å². The maximum Gasteiger partial charge on any atom is 0.233 e. The van der Waals surface area contributed by atoms with Gasteiger partial charge in [0.25, 0.3) is 0 Å². The van der Waals surface area contributed by atoms with E-state index in [9.17, 15) is 4.79 Å². The number of hydrogen-bond donors (Lipinski definition) is 0. The number of nitrogens with zero attached hydrogens (tertiary/aromatic N) is 3. The Balaban J connectivity index is 2.77. The van der Waals surface area contributed by atoms with Gasteiger partial charge in [-0.15, -0.1) is 0 Å². The lowest BCUT2D eigenvalue weighted by molar-refractivity contribution is -0.117. The van der Waals surface area contributed by atoms with Crippen LogP contribution in [0.4, 0.5) is 0 Å². The highest BCUT2D eigenvalue weighted by atomic mass is 35.5. The van der Waals surface area contributed by atoms with E-state index in [-0.39, 0.29) is 34.6 Å². The molecule has 1 aromatic heterocycles. The van der Waals surface area contributed by atoms with Crippen LogP contribution in [0.1, 0.15) is 30.9 Å². The van der Waals surface area contributed by atoms with E-state index in [0.29, 0.717) is 12.8 Å². The van der Waals surface area contributed by atoms with E-state index in [0.717, 1.165) is 0 Å². The molecule has 0 atom stereocenters. The fourth-order valence-electron chi connectivity index (χ4n) is 1.23. The van der Waals surface area contributed by atoms with Gasteiger partial charge in [0.15, 0.2) is 5.15 Å². The molecule has 0 spiro atoms. The summed E-state index contributed by atoms with van der Waals surface area (Å²) in [6.45, 7) is 1.76. The summed E-state index contributed by atoms with van der Waals surface area (Å²) in [4.78, 5) is 14.6. The first-order valence-corrected chi connectivity index (χ1v) is 5.59. The molecule has 0 fully saturated rings. The van der Waals surface area contributed by atoms with Crippen LogP contribution in [0.25, 0.3) is 0 Å². The third-order valence-electron chi connectivity index (χ3n) is 2.09. The molecule has 0 radical (unpaired) electrons. The van der Waals surface area contributed by atoms with Gasteiger partial charge in [0.05, 0.1) is 12.2 Å². The molecule has 1 rings (SSSR count). The minimum atomic E-state index is -0.00179. The number of carbonyl (C=O) groups is 1. The van der Waals surface area contributed by atoms with E-state index >= 15 is 0 Å². The Hall–Kier alpha value is -2.11. The normalized spacial score (nSPS) is 9.33.